The SMILES string of the molecule is COc1cccc(NC(=O)[C@H](C)N2CCN(S(=O)(=O)c3ccccc3F)CC2)c1. The van der Waals surface area contributed by atoms with Crippen LogP contribution in [0.25, 0.3) is 0 Å². The molecule has 1 aliphatic rings. The van der Waals surface area contributed by atoms with Gasteiger partial charge in [0.1, 0.15) is 16.5 Å². The van der Waals surface area contributed by atoms with E-state index in [1.54, 1.807) is 38.3 Å². The summed E-state index contributed by atoms with van der Waals surface area (Å²) in [5, 5.41) is 2.85. The van der Waals surface area contributed by atoms with Crippen molar-refractivity contribution in [3.8, 4) is 5.75 Å². The number of nitrogens with one attached hydrogen (secondary N) is 1. The van der Waals surface area contributed by atoms with Gasteiger partial charge in [-0.05, 0) is 31.2 Å². The molecule has 7 nitrogen and oxygen atoms in total. The number of methoxy groups -OCH3 is 1. The second kappa shape index (κ2) is 8.89. The molecule has 0 unspecified atom stereocenters. The molecule has 1 N–H and O–H groups in total. The molecule has 1 saturated heterocycles. The van der Waals surface area contributed by atoms with E-state index in [0.29, 0.717) is 24.5 Å². The zero-order valence-electron chi connectivity index (χ0n) is 16.3. The van der Waals surface area contributed by atoms with Gasteiger partial charge in [-0.3, -0.25) is 9.69 Å². The number of benzene rings is 2. The van der Waals surface area contributed by atoms with Crippen molar-refractivity contribution in [3.05, 3.63) is 54.3 Å². The lowest BCUT2D eigenvalue weighted by molar-refractivity contribution is -0.121. The molecule has 0 aromatic heterocycles. The van der Waals surface area contributed by atoms with E-state index in [9.17, 15) is 17.6 Å². The summed E-state index contributed by atoms with van der Waals surface area (Å²) in [5.41, 5.74) is 0.627. The number of carbonyl (C=O) groups excluding carboxylic acids is 1. The Morgan fingerprint density at radius 3 is 2.45 bits per heavy atom. The van der Waals surface area contributed by atoms with E-state index >= 15 is 0 Å². The Morgan fingerprint density at radius 1 is 1.10 bits per heavy atom. The van der Waals surface area contributed by atoms with Gasteiger partial charge < -0.3 is 10.1 Å². The molecule has 2 aromatic rings. The average molecular weight is 421 g/mol. The highest BCUT2D eigenvalue weighted by Crippen LogP contribution is 2.22. The number of hydrogen-bond acceptors (Lipinski definition) is 5. The highest BCUT2D eigenvalue weighted by atomic mass is 32.2. The summed E-state index contributed by atoms with van der Waals surface area (Å²) < 4.78 is 45.7. The first kappa shape index (κ1) is 21.2. The third-order valence-corrected chi connectivity index (χ3v) is 6.92. The van der Waals surface area contributed by atoms with Crippen LogP contribution in [0.15, 0.2) is 53.4 Å². The first-order valence-corrected chi connectivity index (χ1v) is 10.7. The summed E-state index contributed by atoms with van der Waals surface area (Å²) in [6.45, 7) is 2.90. The van der Waals surface area contributed by atoms with E-state index < -0.39 is 21.9 Å². The van der Waals surface area contributed by atoms with Crippen LogP contribution in [-0.4, -0.2) is 62.9 Å². The van der Waals surface area contributed by atoms with Crippen LogP contribution in [-0.2, 0) is 14.8 Å². The van der Waals surface area contributed by atoms with Gasteiger partial charge in [0.25, 0.3) is 0 Å². The van der Waals surface area contributed by atoms with Gasteiger partial charge in [-0.15, -0.1) is 0 Å². The van der Waals surface area contributed by atoms with Crippen molar-refractivity contribution in [2.24, 2.45) is 0 Å². The standard InChI is InChI=1S/C20H24FN3O4S/c1-15(20(25)22-16-6-5-7-17(14-16)28-2)23-10-12-24(13-11-23)29(26,27)19-9-4-3-8-18(19)21/h3-9,14-15H,10-13H2,1-2H3,(H,22,25)/t15-/m0/s1. The molecular formula is C20H24FN3O4S. The molecule has 0 saturated carbocycles. The number of piperazine rings is 1. The number of carbonyl (C=O) groups is 1. The molecule has 156 valence electrons. The molecule has 1 atom stereocenters. The molecule has 2 aromatic carbocycles. The summed E-state index contributed by atoms with van der Waals surface area (Å²) >= 11 is 0. The largest absolute Gasteiger partial charge is 0.497 e. The molecular weight excluding hydrogens is 397 g/mol. The Bertz CT molecular complexity index is 975. The third kappa shape index (κ3) is 4.75. The normalized spacial score (nSPS) is 16.9. The van der Waals surface area contributed by atoms with E-state index in [2.05, 4.69) is 5.32 Å². The van der Waals surface area contributed by atoms with E-state index in [0.717, 1.165) is 6.07 Å². The summed E-state index contributed by atoms with van der Waals surface area (Å²) in [6, 6.07) is 12.0. The number of anilines is 1. The van der Waals surface area contributed by atoms with E-state index in [1.165, 1.54) is 22.5 Å². The number of ether oxygens (including phenoxy) is 1. The fourth-order valence-electron chi connectivity index (χ4n) is 3.24. The Kier molecular flexibility index (Phi) is 6.51. The van der Waals surface area contributed by atoms with Crippen LogP contribution < -0.4 is 10.1 Å². The number of rotatable bonds is 6. The van der Waals surface area contributed by atoms with Gasteiger partial charge >= 0.3 is 0 Å². The van der Waals surface area contributed by atoms with Crippen molar-refractivity contribution in [1.29, 1.82) is 0 Å². The molecule has 29 heavy (non-hydrogen) atoms. The van der Waals surface area contributed by atoms with Gasteiger partial charge in [0.05, 0.1) is 13.2 Å². The maximum absolute atomic E-state index is 13.9. The molecule has 0 radical (unpaired) electrons. The van der Waals surface area contributed by atoms with E-state index in [1.807, 2.05) is 4.90 Å². The molecule has 1 amide bonds. The maximum atomic E-state index is 13.9. The Morgan fingerprint density at radius 2 is 1.79 bits per heavy atom. The van der Waals surface area contributed by atoms with Crippen molar-refractivity contribution in [1.82, 2.24) is 9.21 Å². The predicted octanol–water partition coefficient (Wildman–Crippen LogP) is 2.17. The molecule has 0 bridgehead atoms. The highest BCUT2D eigenvalue weighted by Gasteiger charge is 2.33. The zero-order chi connectivity index (χ0) is 21.0. The maximum Gasteiger partial charge on any atom is 0.246 e. The van der Waals surface area contributed by atoms with Crippen molar-refractivity contribution in [2.75, 3.05) is 38.6 Å². The van der Waals surface area contributed by atoms with E-state index in [-0.39, 0.29) is 23.9 Å². The number of amides is 1. The fraction of sp³-hybridized carbons (Fsp3) is 0.350. The topological polar surface area (TPSA) is 79.0 Å². The van der Waals surface area contributed by atoms with Gasteiger partial charge in [-0.25, -0.2) is 12.8 Å². The van der Waals surface area contributed by atoms with Crippen molar-refractivity contribution in [3.63, 3.8) is 0 Å². The molecule has 9 heteroatoms. The van der Waals surface area contributed by atoms with Gasteiger partial charge in [0, 0.05) is 37.9 Å². The molecule has 1 heterocycles. The lowest BCUT2D eigenvalue weighted by Crippen LogP contribution is -2.54. The van der Waals surface area contributed by atoms with Crippen LogP contribution in [0.3, 0.4) is 0 Å². The van der Waals surface area contributed by atoms with E-state index in [4.69, 9.17) is 4.74 Å². The molecule has 0 aliphatic carbocycles. The van der Waals surface area contributed by atoms with Crippen LogP contribution in [0.5, 0.6) is 5.75 Å². The first-order valence-electron chi connectivity index (χ1n) is 9.26. The number of halogens is 1. The molecule has 1 aliphatic heterocycles. The molecule has 1 fully saturated rings. The quantitative estimate of drug-likeness (QED) is 0.773. The number of hydrogen-bond donors (Lipinski definition) is 1. The molecule has 0 spiro atoms. The van der Waals surface area contributed by atoms with Crippen LogP contribution in [0, 0.1) is 5.82 Å². The zero-order valence-corrected chi connectivity index (χ0v) is 17.2. The lowest BCUT2D eigenvalue weighted by Gasteiger charge is -2.36. The summed E-state index contributed by atoms with van der Waals surface area (Å²) in [4.78, 5) is 14.2. The second-order valence-corrected chi connectivity index (χ2v) is 8.67. The number of sulfonamides is 1. The van der Waals surface area contributed by atoms with Crippen molar-refractivity contribution in [2.45, 2.75) is 17.9 Å². The fourth-order valence-corrected chi connectivity index (χ4v) is 4.72. The monoisotopic (exact) mass is 421 g/mol. The smallest absolute Gasteiger partial charge is 0.246 e. The average Bonchev–Trinajstić information content (AvgIpc) is 2.73. The van der Waals surface area contributed by atoms with Crippen LogP contribution in [0.2, 0.25) is 0 Å². The highest BCUT2D eigenvalue weighted by molar-refractivity contribution is 7.89. The van der Waals surface area contributed by atoms with Gasteiger partial charge in [-0.2, -0.15) is 4.31 Å². The third-order valence-electron chi connectivity index (χ3n) is 4.99. The predicted molar refractivity (Wildman–Crippen MR) is 108 cm³/mol. The minimum absolute atomic E-state index is 0.188. The Hall–Kier alpha value is -2.49. The Labute approximate surface area is 170 Å². The van der Waals surface area contributed by atoms with Crippen molar-refractivity contribution >= 4 is 21.6 Å². The van der Waals surface area contributed by atoms with Gasteiger partial charge in [0.15, 0.2) is 0 Å². The van der Waals surface area contributed by atoms with Gasteiger partial charge in [0.2, 0.25) is 15.9 Å². The summed E-state index contributed by atoms with van der Waals surface area (Å²) in [7, 11) is -2.35. The summed E-state index contributed by atoms with van der Waals surface area (Å²) in [6.07, 6.45) is 0. The molecule has 3 rings (SSSR count). The lowest BCUT2D eigenvalue weighted by atomic mass is 10.2. The van der Waals surface area contributed by atoms with Gasteiger partial charge in [-0.1, -0.05) is 18.2 Å². The van der Waals surface area contributed by atoms with Crippen LogP contribution >= 0.6 is 0 Å². The first-order chi connectivity index (χ1) is 13.8. The van der Waals surface area contributed by atoms with Crippen LogP contribution in [0.4, 0.5) is 10.1 Å². The van der Waals surface area contributed by atoms with Crippen molar-refractivity contribution < 1.29 is 22.3 Å². The minimum atomic E-state index is -3.90. The minimum Gasteiger partial charge on any atom is -0.497 e. The second-order valence-electron chi connectivity index (χ2n) is 6.77. The number of nitrogens with zero attached hydrogens (tertiary/aromatic N) is 2. The Balaban J connectivity index is 1.61. The summed E-state index contributed by atoms with van der Waals surface area (Å²) in [5.74, 6) is -0.313. The van der Waals surface area contributed by atoms with Crippen LogP contribution in [0.1, 0.15) is 6.92 Å².